The minimum absolute atomic E-state index is 0.221. The molecule has 1 fully saturated rings. The highest BCUT2D eigenvalue weighted by atomic mass is 15.3. The Labute approximate surface area is 135 Å². The van der Waals surface area contributed by atoms with Gasteiger partial charge in [-0.25, -0.2) is 9.97 Å². The molecule has 1 spiro atoms. The van der Waals surface area contributed by atoms with Crippen LogP contribution in [0.25, 0.3) is 11.0 Å². The Morgan fingerprint density at radius 3 is 2.91 bits per heavy atom. The Morgan fingerprint density at radius 2 is 2.04 bits per heavy atom. The van der Waals surface area contributed by atoms with Crippen LogP contribution in [0, 0.1) is 0 Å². The molecule has 5 nitrogen and oxygen atoms in total. The first-order valence-electron chi connectivity index (χ1n) is 8.11. The van der Waals surface area contributed by atoms with Crippen molar-refractivity contribution in [1.82, 2.24) is 19.9 Å². The Balaban J connectivity index is 1.69. The molecule has 0 unspecified atom stereocenters. The van der Waals surface area contributed by atoms with Crippen LogP contribution in [0.15, 0.2) is 42.9 Å². The van der Waals surface area contributed by atoms with Gasteiger partial charge in [0.2, 0.25) is 0 Å². The van der Waals surface area contributed by atoms with Crippen molar-refractivity contribution in [2.75, 3.05) is 31.6 Å². The smallest absolute Gasteiger partial charge is 0.145 e. The number of aromatic amines is 1. The first kappa shape index (κ1) is 13.1. The van der Waals surface area contributed by atoms with E-state index in [-0.39, 0.29) is 5.41 Å². The summed E-state index contributed by atoms with van der Waals surface area (Å²) in [6.45, 7) is 3.27. The molecule has 116 valence electrons. The second-order valence-corrected chi connectivity index (χ2v) is 6.81. The Bertz CT molecular complexity index is 886. The molecular formula is C18H19N5. The van der Waals surface area contributed by atoms with Crippen LogP contribution >= 0.6 is 0 Å². The summed E-state index contributed by atoms with van der Waals surface area (Å²) in [6, 6.07) is 10.9. The third-order valence-electron chi connectivity index (χ3n) is 5.36. The molecule has 2 aliphatic heterocycles. The molecule has 0 aliphatic carbocycles. The Morgan fingerprint density at radius 1 is 1.13 bits per heavy atom. The molecule has 4 heterocycles. The van der Waals surface area contributed by atoms with Crippen molar-refractivity contribution >= 4 is 22.5 Å². The van der Waals surface area contributed by atoms with Crippen molar-refractivity contribution in [2.45, 2.75) is 11.8 Å². The maximum atomic E-state index is 4.61. The number of hydrogen-bond donors (Lipinski definition) is 1. The topological polar surface area (TPSA) is 48.1 Å². The van der Waals surface area contributed by atoms with Gasteiger partial charge in [0.25, 0.3) is 0 Å². The zero-order valence-corrected chi connectivity index (χ0v) is 13.2. The van der Waals surface area contributed by atoms with Gasteiger partial charge >= 0.3 is 0 Å². The summed E-state index contributed by atoms with van der Waals surface area (Å²) >= 11 is 0. The second kappa shape index (κ2) is 4.55. The van der Waals surface area contributed by atoms with E-state index >= 15 is 0 Å². The van der Waals surface area contributed by atoms with Gasteiger partial charge in [-0.15, -0.1) is 0 Å². The summed E-state index contributed by atoms with van der Waals surface area (Å²) < 4.78 is 0. The van der Waals surface area contributed by atoms with E-state index in [1.54, 1.807) is 6.33 Å². The molecule has 2 aromatic heterocycles. The van der Waals surface area contributed by atoms with Gasteiger partial charge in [0.1, 0.15) is 17.8 Å². The number of H-pyrrole nitrogens is 1. The fourth-order valence-electron chi connectivity index (χ4n) is 4.32. The molecule has 1 atom stereocenters. The van der Waals surface area contributed by atoms with Crippen LogP contribution in [0.5, 0.6) is 0 Å². The zero-order chi connectivity index (χ0) is 15.4. The van der Waals surface area contributed by atoms with Gasteiger partial charge < -0.3 is 14.8 Å². The molecule has 1 N–H and O–H groups in total. The van der Waals surface area contributed by atoms with E-state index in [0.29, 0.717) is 0 Å². The predicted molar refractivity (Wildman–Crippen MR) is 91.1 cm³/mol. The van der Waals surface area contributed by atoms with E-state index in [1.807, 2.05) is 6.20 Å². The monoisotopic (exact) mass is 305 g/mol. The molecular weight excluding hydrogens is 286 g/mol. The van der Waals surface area contributed by atoms with Gasteiger partial charge in [-0.1, -0.05) is 18.2 Å². The summed E-state index contributed by atoms with van der Waals surface area (Å²) in [7, 11) is 2.22. The summed E-state index contributed by atoms with van der Waals surface area (Å²) in [4.78, 5) is 17.0. The largest absolute Gasteiger partial charge is 0.346 e. The van der Waals surface area contributed by atoms with Crippen molar-refractivity contribution in [3.63, 3.8) is 0 Å². The lowest BCUT2D eigenvalue weighted by molar-refractivity contribution is 0.378. The number of nitrogens with one attached hydrogen (secondary N) is 1. The SMILES string of the molecule is CN1CC[C@@]2(C1)CN(c1ncnc3[nH]ccc13)c1ccccc12. The Hall–Kier alpha value is -2.40. The van der Waals surface area contributed by atoms with Crippen LogP contribution in [-0.4, -0.2) is 46.5 Å². The number of aromatic nitrogens is 3. The lowest BCUT2D eigenvalue weighted by Gasteiger charge is -2.25. The lowest BCUT2D eigenvalue weighted by Crippen LogP contribution is -2.34. The number of fused-ring (bicyclic) bond motifs is 3. The number of likely N-dealkylation sites (N-methyl/N-ethyl adjacent to an activating group) is 1. The standard InChI is InChI=1S/C18H19N5/c1-22-9-7-18(10-22)11-23(15-5-3-2-4-14(15)18)17-13-6-8-19-16(13)20-12-21-17/h2-6,8,12H,7,9-11H2,1H3,(H,19,20,21)/t18-/m1/s1. The van der Waals surface area contributed by atoms with Gasteiger partial charge in [-0.05, 0) is 37.7 Å². The normalized spacial score (nSPS) is 24.0. The van der Waals surface area contributed by atoms with Gasteiger partial charge in [-0.2, -0.15) is 0 Å². The minimum Gasteiger partial charge on any atom is -0.346 e. The number of para-hydroxylation sites is 1. The molecule has 2 aliphatic rings. The van der Waals surface area contributed by atoms with E-state index in [9.17, 15) is 0 Å². The lowest BCUT2D eigenvalue weighted by atomic mass is 9.82. The van der Waals surface area contributed by atoms with Gasteiger partial charge in [0.05, 0.1) is 5.39 Å². The number of nitrogens with zero attached hydrogens (tertiary/aromatic N) is 4. The summed E-state index contributed by atoms with van der Waals surface area (Å²) in [5.74, 6) is 1.01. The van der Waals surface area contributed by atoms with Crippen molar-refractivity contribution in [3.8, 4) is 0 Å². The average molecular weight is 305 g/mol. The van der Waals surface area contributed by atoms with Crippen LogP contribution in [0.3, 0.4) is 0 Å². The van der Waals surface area contributed by atoms with Crippen molar-refractivity contribution in [1.29, 1.82) is 0 Å². The molecule has 0 amide bonds. The van der Waals surface area contributed by atoms with Gasteiger partial charge in [0.15, 0.2) is 0 Å². The molecule has 0 bridgehead atoms. The van der Waals surface area contributed by atoms with Crippen LogP contribution in [-0.2, 0) is 5.41 Å². The van der Waals surface area contributed by atoms with Gasteiger partial charge in [-0.3, -0.25) is 0 Å². The van der Waals surface area contributed by atoms with E-state index < -0.39 is 0 Å². The van der Waals surface area contributed by atoms with Gasteiger partial charge in [0, 0.05) is 30.4 Å². The number of benzene rings is 1. The molecule has 1 aromatic carbocycles. The van der Waals surface area contributed by atoms with Crippen molar-refractivity contribution in [3.05, 3.63) is 48.4 Å². The average Bonchev–Trinajstić information content (AvgIpc) is 3.26. The highest BCUT2D eigenvalue weighted by Crippen LogP contribution is 2.49. The highest BCUT2D eigenvalue weighted by molar-refractivity contribution is 5.91. The van der Waals surface area contributed by atoms with E-state index in [2.05, 4.69) is 62.1 Å². The maximum absolute atomic E-state index is 4.61. The summed E-state index contributed by atoms with van der Waals surface area (Å²) in [5, 5.41) is 1.09. The highest BCUT2D eigenvalue weighted by Gasteiger charge is 2.47. The minimum atomic E-state index is 0.221. The van der Waals surface area contributed by atoms with Crippen LogP contribution in [0.2, 0.25) is 0 Å². The summed E-state index contributed by atoms with van der Waals surface area (Å²) in [5.41, 5.74) is 3.88. The first-order valence-corrected chi connectivity index (χ1v) is 8.11. The third kappa shape index (κ3) is 1.77. The molecule has 5 rings (SSSR count). The van der Waals surface area contributed by atoms with Crippen molar-refractivity contribution < 1.29 is 0 Å². The van der Waals surface area contributed by atoms with E-state index in [1.165, 1.54) is 17.7 Å². The fourth-order valence-corrected chi connectivity index (χ4v) is 4.32. The number of hydrogen-bond acceptors (Lipinski definition) is 4. The van der Waals surface area contributed by atoms with Crippen LogP contribution < -0.4 is 4.90 Å². The Kier molecular flexibility index (Phi) is 2.59. The molecule has 23 heavy (non-hydrogen) atoms. The predicted octanol–water partition coefficient (Wildman–Crippen LogP) is 2.68. The van der Waals surface area contributed by atoms with Crippen molar-refractivity contribution in [2.24, 2.45) is 0 Å². The zero-order valence-electron chi connectivity index (χ0n) is 13.2. The second-order valence-electron chi connectivity index (χ2n) is 6.81. The number of likely N-dealkylation sites (tertiary alicyclic amines) is 1. The molecule has 5 heteroatoms. The number of anilines is 2. The quantitative estimate of drug-likeness (QED) is 0.751. The summed E-state index contributed by atoms with van der Waals surface area (Å²) in [6.07, 6.45) is 4.80. The van der Waals surface area contributed by atoms with E-state index in [4.69, 9.17) is 0 Å². The molecule has 1 saturated heterocycles. The molecule has 0 saturated carbocycles. The van der Waals surface area contributed by atoms with E-state index in [0.717, 1.165) is 36.5 Å². The van der Waals surface area contributed by atoms with Crippen LogP contribution in [0.1, 0.15) is 12.0 Å². The first-order chi connectivity index (χ1) is 11.3. The molecule has 0 radical (unpaired) electrons. The number of rotatable bonds is 1. The third-order valence-corrected chi connectivity index (χ3v) is 5.36. The van der Waals surface area contributed by atoms with Crippen LogP contribution in [0.4, 0.5) is 11.5 Å². The molecule has 3 aromatic rings. The fraction of sp³-hybridized carbons (Fsp3) is 0.333. The maximum Gasteiger partial charge on any atom is 0.145 e.